The van der Waals surface area contributed by atoms with E-state index in [1.165, 1.54) is 57.6 Å². The fraction of sp³-hybridized carbons (Fsp3) is 0.657. The molecule has 4 unspecified atom stereocenters. The molecule has 0 heterocycles. The fourth-order valence-electron chi connectivity index (χ4n) is 4.64. The molecule has 0 radical (unpaired) electrons. The molecule has 0 saturated carbocycles. The maximum Gasteiger partial charge on any atom is 0.309 e. The van der Waals surface area contributed by atoms with Crippen molar-refractivity contribution in [2.45, 2.75) is 136 Å². The normalized spacial score (nSPS) is 13.7. The van der Waals surface area contributed by atoms with Gasteiger partial charge in [0.2, 0.25) is 0 Å². The van der Waals surface area contributed by atoms with Crippen LogP contribution in [0.15, 0.2) is 36.4 Å². The average Bonchev–Trinajstić information content (AvgIpc) is 3.00. The van der Waals surface area contributed by atoms with Crippen molar-refractivity contribution in [3.63, 3.8) is 0 Å². The van der Waals surface area contributed by atoms with Crippen LogP contribution in [-0.4, -0.2) is 66.7 Å². The predicted molar refractivity (Wildman–Crippen MR) is 176 cm³/mol. The van der Waals surface area contributed by atoms with E-state index in [0.717, 1.165) is 25.7 Å². The maximum atomic E-state index is 12.8. The lowest BCUT2D eigenvalue weighted by Crippen LogP contribution is -2.29. The number of rotatable bonds is 26. The van der Waals surface area contributed by atoms with Gasteiger partial charge in [0.05, 0.1) is 24.2 Å². The Labute approximate surface area is 278 Å². The van der Waals surface area contributed by atoms with Gasteiger partial charge in [-0.2, -0.15) is 0 Å². The first-order valence-electron chi connectivity index (χ1n) is 16.6. The van der Waals surface area contributed by atoms with Gasteiger partial charge in [0.15, 0.2) is 0 Å². The van der Waals surface area contributed by atoms with E-state index in [1.807, 2.05) is 13.0 Å². The summed E-state index contributed by atoms with van der Waals surface area (Å²) in [6, 6.07) is 5.51. The number of hydrogen-bond acceptors (Lipinski definition) is 11. The SMILES string of the molecule is CCCCCCC=CCC(CC(C)=O)OC(=O)CC(CCCC)OC(=O)CC(C)OC(=O)CC(COc1ccc([N+](=O)[O-])cc1)OC. The fourth-order valence-corrected chi connectivity index (χ4v) is 4.64. The van der Waals surface area contributed by atoms with Gasteiger partial charge in [-0.05, 0) is 45.2 Å². The van der Waals surface area contributed by atoms with Crippen LogP contribution in [0.5, 0.6) is 5.75 Å². The highest BCUT2D eigenvalue weighted by atomic mass is 16.6. The van der Waals surface area contributed by atoms with Gasteiger partial charge < -0.3 is 23.7 Å². The number of esters is 3. The Morgan fingerprint density at radius 1 is 0.787 bits per heavy atom. The van der Waals surface area contributed by atoms with Gasteiger partial charge >= 0.3 is 17.9 Å². The number of benzene rings is 1. The molecular weight excluding hydrogens is 610 g/mol. The number of hydrogen-bond donors (Lipinski definition) is 0. The molecule has 1 aromatic rings. The van der Waals surface area contributed by atoms with Crippen LogP contribution in [0.4, 0.5) is 5.69 Å². The van der Waals surface area contributed by atoms with Crippen molar-refractivity contribution in [1.29, 1.82) is 0 Å². The van der Waals surface area contributed by atoms with Crippen molar-refractivity contribution >= 4 is 29.4 Å². The summed E-state index contributed by atoms with van der Waals surface area (Å²) in [5, 5.41) is 10.8. The summed E-state index contributed by atoms with van der Waals surface area (Å²) in [4.78, 5) is 60.1. The predicted octanol–water partition coefficient (Wildman–Crippen LogP) is 7.00. The Balaban J connectivity index is 2.58. The first kappa shape index (κ1) is 41.2. The zero-order valence-corrected chi connectivity index (χ0v) is 28.6. The van der Waals surface area contributed by atoms with Crippen LogP contribution in [0.1, 0.15) is 111 Å². The van der Waals surface area contributed by atoms with E-state index in [0.29, 0.717) is 18.6 Å². The minimum absolute atomic E-state index is 0.00233. The van der Waals surface area contributed by atoms with E-state index in [2.05, 4.69) is 13.0 Å². The summed E-state index contributed by atoms with van der Waals surface area (Å²) in [5.74, 6) is -1.46. The molecule has 0 amide bonds. The van der Waals surface area contributed by atoms with E-state index < -0.39 is 47.2 Å². The molecule has 0 bridgehead atoms. The number of ether oxygens (including phenoxy) is 5. The molecule has 0 aliphatic carbocycles. The van der Waals surface area contributed by atoms with Crippen LogP contribution in [0.2, 0.25) is 0 Å². The van der Waals surface area contributed by atoms with Gasteiger partial charge in [-0.3, -0.25) is 29.3 Å². The second-order valence-corrected chi connectivity index (χ2v) is 11.7. The summed E-state index contributed by atoms with van der Waals surface area (Å²) in [7, 11) is 1.41. The Kier molecular flexibility index (Phi) is 21.4. The third kappa shape index (κ3) is 20.1. The zero-order chi connectivity index (χ0) is 35.0. The molecule has 1 aromatic carbocycles. The molecule has 0 fully saturated rings. The van der Waals surface area contributed by atoms with Gasteiger partial charge in [0.1, 0.15) is 42.6 Å². The highest BCUT2D eigenvalue weighted by Crippen LogP contribution is 2.19. The minimum Gasteiger partial charge on any atom is -0.491 e. The molecule has 0 aromatic heterocycles. The van der Waals surface area contributed by atoms with Crippen LogP contribution in [-0.2, 0) is 38.1 Å². The molecule has 264 valence electrons. The first-order valence-corrected chi connectivity index (χ1v) is 16.6. The van der Waals surface area contributed by atoms with E-state index in [9.17, 15) is 29.3 Å². The molecular formula is C35H53NO11. The Morgan fingerprint density at radius 3 is 2.02 bits per heavy atom. The van der Waals surface area contributed by atoms with E-state index in [-0.39, 0.29) is 43.8 Å². The summed E-state index contributed by atoms with van der Waals surface area (Å²) < 4.78 is 27.5. The number of methoxy groups -OCH3 is 1. The molecule has 0 spiro atoms. The second kappa shape index (κ2) is 24.4. The average molecular weight is 664 g/mol. The van der Waals surface area contributed by atoms with Crippen LogP contribution in [0.25, 0.3) is 0 Å². The van der Waals surface area contributed by atoms with Crippen molar-refractivity contribution in [3.05, 3.63) is 46.5 Å². The number of carbonyl (C=O) groups is 4. The van der Waals surface area contributed by atoms with Crippen LogP contribution >= 0.6 is 0 Å². The number of Topliss-reactive ketones (excluding diaryl/α,β-unsaturated/α-hetero) is 1. The summed E-state index contributed by atoms with van der Waals surface area (Å²) >= 11 is 0. The summed E-state index contributed by atoms with van der Waals surface area (Å²) in [6.45, 7) is 7.17. The minimum atomic E-state index is -0.796. The van der Waals surface area contributed by atoms with Crippen molar-refractivity contribution in [2.24, 2.45) is 0 Å². The molecule has 0 N–H and O–H groups in total. The van der Waals surface area contributed by atoms with E-state index in [1.54, 1.807) is 6.92 Å². The number of unbranched alkanes of at least 4 members (excludes halogenated alkanes) is 5. The molecule has 0 aliphatic rings. The second-order valence-electron chi connectivity index (χ2n) is 11.7. The number of ketones is 1. The number of allylic oxidation sites excluding steroid dienone is 1. The standard InChI is InChI=1S/C35H53NO11/c1-6-8-10-11-12-13-14-16-30(21-26(3)37)46-35(40)23-31(15-9-7-2)47-33(38)22-27(4)45-34(39)24-32(43-5)25-44-29-19-17-28(18-20-29)36(41)42/h13-14,17-20,27,30-32H,6-12,15-16,21-25H2,1-5H3. The monoisotopic (exact) mass is 663 g/mol. The van der Waals surface area contributed by atoms with Gasteiger partial charge in [-0.15, -0.1) is 0 Å². The summed E-state index contributed by atoms with van der Waals surface area (Å²) in [5.41, 5.74) is -0.0709. The highest BCUT2D eigenvalue weighted by molar-refractivity contribution is 5.77. The van der Waals surface area contributed by atoms with Crippen LogP contribution in [0.3, 0.4) is 0 Å². The van der Waals surface area contributed by atoms with E-state index in [4.69, 9.17) is 23.7 Å². The van der Waals surface area contributed by atoms with Crippen LogP contribution in [0, 0.1) is 10.1 Å². The van der Waals surface area contributed by atoms with Crippen molar-refractivity contribution < 1.29 is 47.8 Å². The first-order chi connectivity index (χ1) is 22.5. The molecule has 4 atom stereocenters. The molecule has 47 heavy (non-hydrogen) atoms. The Bertz CT molecular complexity index is 1120. The molecule has 12 heteroatoms. The van der Waals surface area contributed by atoms with Gasteiger partial charge in [-0.25, -0.2) is 0 Å². The number of nitrogens with zero attached hydrogens (tertiary/aromatic N) is 1. The number of nitro benzene ring substituents is 1. The van der Waals surface area contributed by atoms with E-state index >= 15 is 0 Å². The smallest absolute Gasteiger partial charge is 0.309 e. The lowest BCUT2D eigenvalue weighted by molar-refractivity contribution is -0.384. The lowest BCUT2D eigenvalue weighted by Gasteiger charge is -2.21. The van der Waals surface area contributed by atoms with Gasteiger partial charge in [0.25, 0.3) is 5.69 Å². The van der Waals surface area contributed by atoms with Gasteiger partial charge in [0, 0.05) is 32.1 Å². The van der Waals surface area contributed by atoms with Crippen molar-refractivity contribution in [1.82, 2.24) is 0 Å². The number of non-ortho nitro benzene ring substituents is 1. The Morgan fingerprint density at radius 2 is 1.40 bits per heavy atom. The number of nitro groups is 1. The lowest BCUT2D eigenvalue weighted by atomic mass is 10.1. The zero-order valence-electron chi connectivity index (χ0n) is 28.6. The highest BCUT2D eigenvalue weighted by Gasteiger charge is 2.25. The maximum absolute atomic E-state index is 12.8. The summed E-state index contributed by atoms with van der Waals surface area (Å²) in [6.07, 6.45) is 8.92. The third-order valence-electron chi connectivity index (χ3n) is 7.17. The third-order valence-corrected chi connectivity index (χ3v) is 7.17. The molecule has 12 nitrogen and oxygen atoms in total. The van der Waals surface area contributed by atoms with Crippen LogP contribution < -0.4 is 4.74 Å². The number of carbonyl (C=O) groups excluding carboxylic acids is 4. The van der Waals surface area contributed by atoms with Crippen molar-refractivity contribution in [3.8, 4) is 5.75 Å². The molecule has 1 rings (SSSR count). The molecule has 0 aliphatic heterocycles. The molecule has 0 saturated heterocycles. The van der Waals surface area contributed by atoms with Gasteiger partial charge in [-0.1, -0.05) is 58.1 Å². The Hall–Kier alpha value is -3.80. The largest absolute Gasteiger partial charge is 0.491 e. The quantitative estimate of drug-likeness (QED) is 0.0251. The van der Waals surface area contributed by atoms with Crippen molar-refractivity contribution in [2.75, 3.05) is 13.7 Å². The topological polar surface area (TPSA) is 158 Å².